The Labute approximate surface area is 516 Å². The average Bonchev–Trinajstić information content (AvgIpc) is 1.87. The first kappa shape index (κ1) is 58.3. The molecule has 3 aromatic heterocycles. The van der Waals surface area contributed by atoms with E-state index in [0.717, 1.165) is 56.5 Å². The minimum absolute atomic E-state index is 0.0705. The summed E-state index contributed by atoms with van der Waals surface area (Å²) in [6.07, 6.45) is 6.17. The topological polar surface area (TPSA) is 35.9 Å². The number of fused-ring (bicyclic) bond motifs is 3. The van der Waals surface area contributed by atoms with Gasteiger partial charge in [-0.3, -0.25) is 13.7 Å². The quantitative estimate of drug-likeness (QED) is 0.0803. The van der Waals surface area contributed by atoms with Crippen molar-refractivity contribution in [1.82, 2.24) is 14.1 Å². The molecule has 0 aliphatic carbocycles. The maximum atomic E-state index is 7.50. The van der Waals surface area contributed by atoms with Crippen molar-refractivity contribution in [2.75, 3.05) is 0 Å². The zero-order valence-corrected chi connectivity index (χ0v) is 53.3. The SMILES string of the molecule is CC(C)(C)c1ccnc(-n2c3ccccc3c3c(C(C)(C)C)cc(Oc4cc(-c5ccccc5)cc(-n5[c-][n+](-c6cc(C(C)(C)c7ccccc7)cc(C(C)(C)c7ccccc7)c6)c(C(C)(C)c6ccccc6)c5C(C)(C)c5ccccc5)c4)cc32)c1. The van der Waals surface area contributed by atoms with E-state index in [4.69, 9.17) is 9.72 Å². The summed E-state index contributed by atoms with van der Waals surface area (Å²) in [5.74, 6) is 2.33. The Morgan fingerprint density at radius 3 is 1.43 bits per heavy atom. The molecular formula is C82H82N4O. The third-order valence-electron chi connectivity index (χ3n) is 18.5. The minimum atomic E-state index is -0.584. The number of benzene rings is 9. The van der Waals surface area contributed by atoms with Crippen LogP contribution in [0.15, 0.2) is 243 Å². The number of rotatable bonds is 14. The van der Waals surface area contributed by atoms with Crippen LogP contribution < -0.4 is 9.30 Å². The first-order chi connectivity index (χ1) is 41.4. The monoisotopic (exact) mass is 1140 g/mol. The van der Waals surface area contributed by atoms with E-state index in [0.29, 0.717) is 5.75 Å². The van der Waals surface area contributed by atoms with Crippen LogP contribution in [-0.2, 0) is 32.5 Å². The molecule has 3 heterocycles. The van der Waals surface area contributed by atoms with E-state index in [-0.39, 0.29) is 21.7 Å². The van der Waals surface area contributed by atoms with Crippen LogP contribution in [-0.4, -0.2) is 14.1 Å². The predicted molar refractivity (Wildman–Crippen MR) is 362 cm³/mol. The van der Waals surface area contributed by atoms with Crippen LogP contribution in [0, 0.1) is 6.33 Å². The van der Waals surface area contributed by atoms with Gasteiger partial charge in [0.1, 0.15) is 17.3 Å². The Morgan fingerprint density at radius 2 is 0.885 bits per heavy atom. The second kappa shape index (κ2) is 22.0. The molecule has 0 saturated heterocycles. The molecule has 9 aromatic carbocycles. The summed E-state index contributed by atoms with van der Waals surface area (Å²) in [5.41, 5.74) is 16.0. The summed E-state index contributed by atoms with van der Waals surface area (Å²) in [6.45, 7) is 32.6. The molecule has 0 amide bonds. The van der Waals surface area contributed by atoms with E-state index in [1.807, 2.05) is 6.20 Å². The Morgan fingerprint density at radius 1 is 0.391 bits per heavy atom. The van der Waals surface area contributed by atoms with Crippen LogP contribution in [0.1, 0.15) is 153 Å². The number of ether oxygens (including phenoxy) is 1. The number of aromatic nitrogens is 4. The summed E-state index contributed by atoms with van der Waals surface area (Å²) in [4.78, 5) is 5.08. The minimum Gasteiger partial charge on any atom is -0.458 e. The molecule has 0 saturated carbocycles. The fourth-order valence-corrected chi connectivity index (χ4v) is 13.1. The largest absolute Gasteiger partial charge is 0.458 e. The highest BCUT2D eigenvalue weighted by molar-refractivity contribution is 6.11. The highest BCUT2D eigenvalue weighted by atomic mass is 16.5. The van der Waals surface area contributed by atoms with Crippen LogP contribution in [0.4, 0.5) is 0 Å². The molecule has 436 valence electrons. The highest BCUT2D eigenvalue weighted by Gasteiger charge is 2.41. The lowest BCUT2D eigenvalue weighted by Gasteiger charge is -2.36. The summed E-state index contributed by atoms with van der Waals surface area (Å²) >= 11 is 0. The van der Waals surface area contributed by atoms with Crippen molar-refractivity contribution in [2.24, 2.45) is 0 Å². The molecule has 12 rings (SSSR count). The maximum Gasteiger partial charge on any atom is 0.269 e. The Hall–Kier alpha value is -9.06. The van der Waals surface area contributed by atoms with Gasteiger partial charge in [0.15, 0.2) is 0 Å². The number of imidazole rings is 1. The lowest BCUT2D eigenvalue weighted by molar-refractivity contribution is -0.611. The highest BCUT2D eigenvalue weighted by Crippen LogP contribution is 2.47. The first-order valence-corrected chi connectivity index (χ1v) is 30.9. The summed E-state index contributed by atoms with van der Waals surface area (Å²) in [7, 11) is 0. The van der Waals surface area contributed by atoms with Gasteiger partial charge in [0.05, 0.1) is 33.8 Å². The number of pyridine rings is 1. The molecule has 0 radical (unpaired) electrons. The summed E-state index contributed by atoms with van der Waals surface area (Å²) in [6, 6.07) is 86.3. The lowest BCUT2D eigenvalue weighted by Crippen LogP contribution is -2.43. The smallest absolute Gasteiger partial charge is 0.269 e. The molecule has 5 heteroatoms. The van der Waals surface area contributed by atoms with Crippen LogP contribution >= 0.6 is 0 Å². The van der Waals surface area contributed by atoms with Gasteiger partial charge in [-0.1, -0.05) is 273 Å². The molecule has 0 aliphatic heterocycles. The average molecular weight is 1140 g/mol. The molecule has 0 bridgehead atoms. The van der Waals surface area contributed by atoms with Crippen LogP contribution in [0.3, 0.4) is 0 Å². The van der Waals surface area contributed by atoms with Crippen molar-refractivity contribution in [3.05, 3.63) is 305 Å². The van der Waals surface area contributed by atoms with Gasteiger partial charge in [-0.05, 0) is 121 Å². The van der Waals surface area contributed by atoms with Gasteiger partial charge < -0.3 is 4.74 Å². The van der Waals surface area contributed by atoms with E-state index in [1.165, 1.54) is 55.3 Å². The Kier molecular flexibility index (Phi) is 14.8. The third kappa shape index (κ3) is 10.8. The molecule has 12 aromatic rings. The summed E-state index contributed by atoms with van der Waals surface area (Å²) < 4.78 is 14.6. The van der Waals surface area contributed by atoms with E-state index in [1.54, 1.807) is 0 Å². The van der Waals surface area contributed by atoms with Crippen molar-refractivity contribution in [3.63, 3.8) is 0 Å². The summed E-state index contributed by atoms with van der Waals surface area (Å²) in [5, 5.41) is 2.39. The Balaban J connectivity index is 1.16. The molecule has 0 atom stereocenters. The standard InChI is InChI=1S/C82H82N4O/c1-77(2,3)62-44-45-83-73(51-62)86-71-43-31-30-42-69(71)74-70(78(4,5)6)53-68(54-72(74)86)87-67-47-57(56-32-20-15-21-33-56)46-65(52-67)84-55-85(76(82(13,14)61-40-28-19-29-41-61)75(84)81(11,12)60-38-26-18-27-39-60)66-49-63(79(7,8)58-34-22-16-23-35-58)48-64(50-66)80(9,10)59-36-24-17-25-37-59/h15-54H,1-14H3. The second-order valence-electron chi connectivity index (χ2n) is 28.0. The number of nitrogens with zero attached hydrogens (tertiary/aromatic N) is 4. The molecule has 5 nitrogen and oxygen atoms in total. The van der Waals surface area contributed by atoms with E-state index < -0.39 is 10.8 Å². The lowest BCUT2D eigenvalue weighted by atomic mass is 9.72. The molecule has 0 spiro atoms. The molecule has 0 N–H and O–H groups in total. The zero-order chi connectivity index (χ0) is 61.3. The molecule has 87 heavy (non-hydrogen) atoms. The second-order valence-corrected chi connectivity index (χ2v) is 28.0. The van der Waals surface area contributed by atoms with Gasteiger partial charge in [-0.15, -0.1) is 0 Å². The van der Waals surface area contributed by atoms with Crippen molar-refractivity contribution in [2.45, 2.75) is 129 Å². The van der Waals surface area contributed by atoms with Gasteiger partial charge in [-0.25, -0.2) is 4.98 Å². The fourth-order valence-electron chi connectivity index (χ4n) is 13.1. The van der Waals surface area contributed by atoms with Crippen molar-refractivity contribution >= 4 is 21.8 Å². The zero-order valence-electron chi connectivity index (χ0n) is 53.3. The normalized spacial score (nSPS) is 12.7. The predicted octanol–water partition coefficient (Wildman–Crippen LogP) is 20.4. The molecule has 0 unspecified atom stereocenters. The van der Waals surface area contributed by atoms with Gasteiger partial charge in [0.25, 0.3) is 6.33 Å². The first-order valence-electron chi connectivity index (χ1n) is 30.9. The molecule has 0 aliphatic rings. The van der Waals surface area contributed by atoms with Crippen molar-refractivity contribution in [3.8, 4) is 39.8 Å². The van der Waals surface area contributed by atoms with Gasteiger partial charge in [0, 0.05) is 44.7 Å². The van der Waals surface area contributed by atoms with Crippen LogP contribution in [0.5, 0.6) is 11.5 Å². The number of hydrogen-bond acceptors (Lipinski definition) is 2. The molecule has 0 fully saturated rings. The Bertz CT molecular complexity index is 4390. The fraction of sp³-hybridized carbons (Fsp3) is 0.244. The third-order valence-corrected chi connectivity index (χ3v) is 18.5. The van der Waals surface area contributed by atoms with Crippen molar-refractivity contribution < 1.29 is 9.30 Å². The van der Waals surface area contributed by atoms with Gasteiger partial charge >= 0.3 is 0 Å². The molecular weight excluding hydrogens is 1060 g/mol. The van der Waals surface area contributed by atoms with E-state index in [2.05, 4.69) is 354 Å². The van der Waals surface area contributed by atoms with Gasteiger partial charge in [-0.2, -0.15) is 0 Å². The number of para-hydroxylation sites is 1. The van der Waals surface area contributed by atoms with Crippen LogP contribution in [0.25, 0.3) is 50.1 Å². The number of hydrogen-bond donors (Lipinski definition) is 0. The van der Waals surface area contributed by atoms with E-state index in [9.17, 15) is 0 Å². The maximum absolute atomic E-state index is 7.50. The van der Waals surface area contributed by atoms with Gasteiger partial charge in [0.2, 0.25) is 0 Å². The van der Waals surface area contributed by atoms with E-state index >= 15 is 0 Å². The van der Waals surface area contributed by atoms with Crippen LogP contribution in [0.2, 0.25) is 0 Å². The van der Waals surface area contributed by atoms with Crippen molar-refractivity contribution in [1.29, 1.82) is 0 Å².